The highest BCUT2D eigenvalue weighted by atomic mass is 35.5. The van der Waals surface area contributed by atoms with Gasteiger partial charge in [-0.05, 0) is 30.5 Å². The van der Waals surface area contributed by atoms with E-state index in [1.807, 2.05) is 24.3 Å². The van der Waals surface area contributed by atoms with E-state index in [1.165, 1.54) is 12.8 Å². The van der Waals surface area contributed by atoms with Crippen LogP contribution in [0.5, 0.6) is 0 Å². The molecule has 0 aliphatic heterocycles. The molecule has 1 heterocycles. The average molecular weight is 306 g/mol. The first-order valence-corrected chi connectivity index (χ1v) is 7.90. The van der Waals surface area contributed by atoms with Crippen LogP contribution >= 0.6 is 11.6 Å². The highest BCUT2D eigenvalue weighted by Crippen LogP contribution is 2.32. The normalized spacial score (nSPS) is 18.4. The van der Waals surface area contributed by atoms with E-state index in [-0.39, 0.29) is 0 Å². The molecule has 2 aromatic rings. The summed E-state index contributed by atoms with van der Waals surface area (Å²) in [5.41, 5.74) is 7.12. The van der Waals surface area contributed by atoms with Gasteiger partial charge in [0.1, 0.15) is 0 Å². The fourth-order valence-electron chi connectivity index (χ4n) is 2.93. The standard InChI is InChI=1S/C16H20ClN3O/c17-13-7-5-6-12(10-13)11-14-19-15(21-20-14)16(18)8-3-1-2-4-9-16/h5-7,10H,1-4,8-9,11,18H2. The third kappa shape index (κ3) is 3.44. The zero-order chi connectivity index (χ0) is 14.7. The maximum absolute atomic E-state index is 6.49. The first kappa shape index (κ1) is 14.5. The molecule has 112 valence electrons. The minimum Gasteiger partial charge on any atom is -0.337 e. The predicted octanol–water partition coefficient (Wildman–Crippen LogP) is 3.82. The summed E-state index contributed by atoms with van der Waals surface area (Å²) in [5, 5.41) is 4.80. The first-order valence-electron chi connectivity index (χ1n) is 7.52. The number of rotatable bonds is 3. The summed E-state index contributed by atoms with van der Waals surface area (Å²) < 4.78 is 5.45. The molecule has 1 aromatic carbocycles. The van der Waals surface area contributed by atoms with Crippen molar-refractivity contribution in [2.45, 2.75) is 50.5 Å². The van der Waals surface area contributed by atoms with Crippen molar-refractivity contribution in [3.63, 3.8) is 0 Å². The van der Waals surface area contributed by atoms with Crippen molar-refractivity contribution in [1.29, 1.82) is 0 Å². The summed E-state index contributed by atoms with van der Waals surface area (Å²) >= 11 is 5.99. The van der Waals surface area contributed by atoms with Crippen LogP contribution in [0.4, 0.5) is 0 Å². The predicted molar refractivity (Wildman–Crippen MR) is 82.1 cm³/mol. The third-order valence-electron chi connectivity index (χ3n) is 4.14. The van der Waals surface area contributed by atoms with Gasteiger partial charge in [-0.2, -0.15) is 4.98 Å². The third-order valence-corrected chi connectivity index (χ3v) is 4.38. The summed E-state index contributed by atoms with van der Waals surface area (Å²) in [6.07, 6.45) is 7.19. The van der Waals surface area contributed by atoms with Crippen LogP contribution in [0.25, 0.3) is 0 Å². The topological polar surface area (TPSA) is 64.9 Å². The van der Waals surface area contributed by atoms with E-state index in [2.05, 4.69) is 10.1 Å². The Hall–Kier alpha value is -1.39. The zero-order valence-electron chi connectivity index (χ0n) is 12.0. The van der Waals surface area contributed by atoms with Gasteiger partial charge < -0.3 is 10.3 Å². The van der Waals surface area contributed by atoms with Gasteiger partial charge in [-0.3, -0.25) is 0 Å². The van der Waals surface area contributed by atoms with E-state index in [9.17, 15) is 0 Å². The van der Waals surface area contributed by atoms with Gasteiger partial charge in [0.05, 0.1) is 5.54 Å². The van der Waals surface area contributed by atoms with Crippen LogP contribution in [0.15, 0.2) is 28.8 Å². The minimum atomic E-state index is -0.448. The molecule has 1 saturated carbocycles. The summed E-state index contributed by atoms with van der Waals surface area (Å²) in [7, 11) is 0. The lowest BCUT2D eigenvalue weighted by molar-refractivity contribution is 0.256. The SMILES string of the molecule is NC1(c2nc(Cc3cccc(Cl)c3)no2)CCCCCC1. The van der Waals surface area contributed by atoms with Crippen molar-refractivity contribution < 1.29 is 4.52 Å². The van der Waals surface area contributed by atoms with Gasteiger partial charge in [-0.1, -0.05) is 54.6 Å². The van der Waals surface area contributed by atoms with Gasteiger partial charge in [-0.15, -0.1) is 0 Å². The van der Waals surface area contributed by atoms with Crippen LogP contribution in [0.3, 0.4) is 0 Å². The molecule has 0 bridgehead atoms. The lowest BCUT2D eigenvalue weighted by Gasteiger charge is -2.22. The fraction of sp³-hybridized carbons (Fsp3) is 0.500. The number of nitrogens with zero attached hydrogens (tertiary/aromatic N) is 2. The van der Waals surface area contributed by atoms with E-state index < -0.39 is 5.54 Å². The second kappa shape index (κ2) is 6.16. The Kier molecular flexibility index (Phi) is 4.27. The van der Waals surface area contributed by atoms with Crippen LogP contribution < -0.4 is 5.73 Å². The molecule has 0 atom stereocenters. The Morgan fingerprint density at radius 2 is 1.95 bits per heavy atom. The monoisotopic (exact) mass is 305 g/mol. The second-order valence-corrected chi connectivity index (χ2v) is 6.33. The smallest absolute Gasteiger partial charge is 0.246 e. The van der Waals surface area contributed by atoms with E-state index >= 15 is 0 Å². The highest BCUT2D eigenvalue weighted by Gasteiger charge is 2.34. The van der Waals surface area contributed by atoms with Crippen molar-refractivity contribution in [2.24, 2.45) is 5.73 Å². The minimum absolute atomic E-state index is 0.448. The Morgan fingerprint density at radius 1 is 1.19 bits per heavy atom. The van der Waals surface area contributed by atoms with Crippen molar-refractivity contribution >= 4 is 11.6 Å². The van der Waals surface area contributed by atoms with Crippen LogP contribution in [0.1, 0.15) is 55.8 Å². The lowest BCUT2D eigenvalue weighted by atomic mass is 9.91. The molecule has 0 amide bonds. The molecule has 1 aliphatic rings. The molecule has 1 aromatic heterocycles. The van der Waals surface area contributed by atoms with E-state index in [0.717, 1.165) is 36.3 Å². The second-order valence-electron chi connectivity index (χ2n) is 5.89. The van der Waals surface area contributed by atoms with Gasteiger partial charge in [0.15, 0.2) is 5.82 Å². The molecule has 21 heavy (non-hydrogen) atoms. The van der Waals surface area contributed by atoms with Crippen LogP contribution in [0.2, 0.25) is 5.02 Å². The van der Waals surface area contributed by atoms with Crippen molar-refractivity contribution in [3.8, 4) is 0 Å². The average Bonchev–Trinajstić information content (AvgIpc) is 2.81. The Balaban J connectivity index is 1.76. The molecule has 0 saturated heterocycles. The number of aromatic nitrogens is 2. The fourth-order valence-corrected chi connectivity index (χ4v) is 3.14. The van der Waals surface area contributed by atoms with Crippen LogP contribution in [-0.4, -0.2) is 10.1 Å². The molecule has 1 fully saturated rings. The summed E-state index contributed by atoms with van der Waals surface area (Å²) in [6, 6.07) is 7.70. The Bertz CT molecular complexity index is 603. The van der Waals surface area contributed by atoms with Gasteiger partial charge in [0.2, 0.25) is 5.89 Å². The van der Waals surface area contributed by atoms with E-state index in [1.54, 1.807) is 0 Å². The maximum atomic E-state index is 6.49. The molecule has 4 nitrogen and oxygen atoms in total. The van der Waals surface area contributed by atoms with Gasteiger partial charge in [-0.25, -0.2) is 0 Å². The summed E-state index contributed by atoms with van der Waals surface area (Å²) in [6.45, 7) is 0. The summed E-state index contributed by atoms with van der Waals surface area (Å²) in [5.74, 6) is 1.25. The van der Waals surface area contributed by atoms with Crippen LogP contribution in [-0.2, 0) is 12.0 Å². The maximum Gasteiger partial charge on any atom is 0.246 e. The molecular weight excluding hydrogens is 286 g/mol. The zero-order valence-corrected chi connectivity index (χ0v) is 12.8. The number of benzene rings is 1. The van der Waals surface area contributed by atoms with Crippen molar-refractivity contribution in [1.82, 2.24) is 10.1 Å². The lowest BCUT2D eigenvalue weighted by Crippen LogP contribution is -2.36. The highest BCUT2D eigenvalue weighted by molar-refractivity contribution is 6.30. The quantitative estimate of drug-likeness (QED) is 0.875. The molecule has 0 unspecified atom stereocenters. The van der Waals surface area contributed by atoms with Gasteiger partial charge >= 0.3 is 0 Å². The summed E-state index contributed by atoms with van der Waals surface area (Å²) in [4.78, 5) is 4.53. The van der Waals surface area contributed by atoms with Crippen molar-refractivity contribution in [3.05, 3.63) is 46.6 Å². The molecule has 2 N–H and O–H groups in total. The number of nitrogens with two attached hydrogens (primary N) is 1. The van der Waals surface area contributed by atoms with Gasteiger partial charge in [0.25, 0.3) is 0 Å². The van der Waals surface area contributed by atoms with E-state index in [4.69, 9.17) is 21.9 Å². The molecule has 1 aliphatic carbocycles. The molecule has 3 rings (SSSR count). The van der Waals surface area contributed by atoms with Crippen LogP contribution in [0, 0.1) is 0 Å². The first-order chi connectivity index (χ1) is 10.2. The Morgan fingerprint density at radius 3 is 2.67 bits per heavy atom. The van der Waals surface area contributed by atoms with Gasteiger partial charge in [0, 0.05) is 11.4 Å². The van der Waals surface area contributed by atoms with Crippen molar-refractivity contribution in [2.75, 3.05) is 0 Å². The molecule has 5 heteroatoms. The molecular formula is C16H20ClN3O. The largest absolute Gasteiger partial charge is 0.337 e. The molecule has 0 radical (unpaired) electrons. The number of hydrogen-bond donors (Lipinski definition) is 1. The number of halogens is 1. The van der Waals surface area contributed by atoms with E-state index in [0.29, 0.717) is 18.1 Å². The number of hydrogen-bond acceptors (Lipinski definition) is 4. The molecule has 0 spiro atoms. The Labute approximate surface area is 129 Å².